The number of aromatic hydroxyl groups is 1. The molecular weight excluding hydrogens is 202 g/mol. The van der Waals surface area contributed by atoms with E-state index in [1.165, 1.54) is 19.3 Å². The molecule has 1 heterocycles. The number of benzene rings is 1. The summed E-state index contributed by atoms with van der Waals surface area (Å²) >= 11 is 0. The van der Waals surface area contributed by atoms with Crippen molar-refractivity contribution in [1.29, 1.82) is 0 Å². The molecule has 3 nitrogen and oxygen atoms in total. The molecule has 0 saturated carbocycles. The highest BCUT2D eigenvalue weighted by Gasteiger charge is 2.10. The summed E-state index contributed by atoms with van der Waals surface area (Å²) in [6.07, 6.45) is 4.55. The van der Waals surface area contributed by atoms with E-state index in [1.54, 1.807) is 6.07 Å². The maximum absolute atomic E-state index is 9.58. The molecule has 3 heteroatoms. The van der Waals surface area contributed by atoms with Gasteiger partial charge in [0.25, 0.3) is 0 Å². The van der Waals surface area contributed by atoms with Crippen molar-refractivity contribution in [2.45, 2.75) is 25.7 Å². The smallest absolute Gasteiger partial charge is 0.118 e. The molecule has 0 spiro atoms. The highest BCUT2D eigenvalue weighted by molar-refractivity contribution is 5.31. The van der Waals surface area contributed by atoms with Gasteiger partial charge in [-0.25, -0.2) is 0 Å². The van der Waals surface area contributed by atoms with Crippen LogP contribution >= 0.6 is 0 Å². The molecule has 0 unspecified atom stereocenters. The van der Waals surface area contributed by atoms with Crippen molar-refractivity contribution in [2.24, 2.45) is 0 Å². The zero-order valence-electron chi connectivity index (χ0n) is 9.56. The van der Waals surface area contributed by atoms with Gasteiger partial charge in [0, 0.05) is 19.5 Å². The Balaban J connectivity index is 1.73. The van der Waals surface area contributed by atoms with Gasteiger partial charge in [-0.2, -0.15) is 5.06 Å². The quantitative estimate of drug-likeness (QED) is 0.847. The molecule has 1 N–H and O–H groups in total. The molecule has 1 aromatic carbocycles. The molecule has 0 amide bonds. The lowest BCUT2D eigenvalue weighted by molar-refractivity contribution is -0.167. The van der Waals surface area contributed by atoms with E-state index in [0.29, 0.717) is 12.4 Å². The summed E-state index contributed by atoms with van der Waals surface area (Å²) in [5.41, 5.74) is 0.958. The van der Waals surface area contributed by atoms with Crippen LogP contribution in [0.5, 0.6) is 5.75 Å². The fourth-order valence-electron chi connectivity index (χ4n) is 2.00. The second-order valence-electron chi connectivity index (χ2n) is 4.20. The molecule has 1 fully saturated rings. The number of piperidine rings is 1. The first-order valence-corrected chi connectivity index (χ1v) is 6.01. The van der Waals surface area contributed by atoms with Gasteiger partial charge in [0.05, 0.1) is 6.61 Å². The van der Waals surface area contributed by atoms with Crippen molar-refractivity contribution < 1.29 is 9.94 Å². The Labute approximate surface area is 96.6 Å². The number of rotatable bonds is 4. The minimum absolute atomic E-state index is 0.366. The van der Waals surface area contributed by atoms with Crippen LogP contribution in [0.15, 0.2) is 24.3 Å². The number of phenolic OH excluding ortho intramolecular Hbond substituents is 1. The highest BCUT2D eigenvalue weighted by atomic mass is 16.7. The molecule has 0 aromatic heterocycles. The van der Waals surface area contributed by atoms with Crippen molar-refractivity contribution >= 4 is 0 Å². The fraction of sp³-hybridized carbons (Fsp3) is 0.538. The maximum Gasteiger partial charge on any atom is 0.118 e. The van der Waals surface area contributed by atoms with Crippen LogP contribution < -0.4 is 0 Å². The number of hydroxylamine groups is 2. The third kappa shape index (κ3) is 3.22. The van der Waals surface area contributed by atoms with Gasteiger partial charge in [0.1, 0.15) is 5.75 Å². The van der Waals surface area contributed by atoms with E-state index in [-0.39, 0.29) is 0 Å². The molecule has 16 heavy (non-hydrogen) atoms. The first-order valence-electron chi connectivity index (χ1n) is 6.01. The fourth-order valence-corrected chi connectivity index (χ4v) is 2.00. The van der Waals surface area contributed by atoms with Gasteiger partial charge < -0.3 is 5.11 Å². The minimum atomic E-state index is 0.366. The van der Waals surface area contributed by atoms with Crippen LogP contribution in [-0.4, -0.2) is 29.9 Å². The molecule has 1 aliphatic rings. The molecule has 1 aromatic rings. The summed E-state index contributed by atoms with van der Waals surface area (Å²) in [7, 11) is 0. The van der Waals surface area contributed by atoms with Gasteiger partial charge >= 0.3 is 0 Å². The average Bonchev–Trinajstić information content (AvgIpc) is 2.33. The van der Waals surface area contributed by atoms with E-state index < -0.39 is 0 Å². The number of hydrogen-bond donors (Lipinski definition) is 1. The van der Waals surface area contributed by atoms with Gasteiger partial charge in [-0.05, 0) is 24.5 Å². The van der Waals surface area contributed by atoms with Crippen LogP contribution in [0.1, 0.15) is 24.8 Å². The van der Waals surface area contributed by atoms with Gasteiger partial charge in [0.2, 0.25) is 0 Å². The van der Waals surface area contributed by atoms with Crippen LogP contribution in [0.4, 0.5) is 0 Å². The summed E-state index contributed by atoms with van der Waals surface area (Å²) in [5.74, 6) is 0.366. The monoisotopic (exact) mass is 221 g/mol. The van der Waals surface area contributed by atoms with Crippen LogP contribution in [0.2, 0.25) is 0 Å². The van der Waals surface area contributed by atoms with Crippen LogP contribution in [0, 0.1) is 0 Å². The Hall–Kier alpha value is -1.06. The lowest BCUT2D eigenvalue weighted by atomic mass is 10.1. The van der Waals surface area contributed by atoms with Gasteiger partial charge in [-0.3, -0.25) is 4.84 Å². The second-order valence-corrected chi connectivity index (χ2v) is 4.20. The summed E-state index contributed by atoms with van der Waals surface area (Å²) in [5, 5.41) is 11.6. The van der Waals surface area contributed by atoms with Crippen molar-refractivity contribution in [2.75, 3.05) is 19.7 Å². The van der Waals surface area contributed by atoms with Crippen LogP contribution in [0.25, 0.3) is 0 Å². The first kappa shape index (κ1) is 11.4. The molecule has 88 valence electrons. The van der Waals surface area contributed by atoms with Gasteiger partial charge in [-0.15, -0.1) is 0 Å². The van der Waals surface area contributed by atoms with Gasteiger partial charge in [-0.1, -0.05) is 24.6 Å². The van der Waals surface area contributed by atoms with Crippen LogP contribution in [-0.2, 0) is 11.3 Å². The largest absolute Gasteiger partial charge is 0.508 e. The van der Waals surface area contributed by atoms with Crippen molar-refractivity contribution in [1.82, 2.24) is 5.06 Å². The Morgan fingerprint density at radius 2 is 1.88 bits per heavy atom. The zero-order chi connectivity index (χ0) is 11.2. The third-order valence-corrected chi connectivity index (χ3v) is 2.95. The SMILES string of the molecule is Oc1ccccc1CCON1CCCCC1. The third-order valence-electron chi connectivity index (χ3n) is 2.95. The molecular formula is C13H19NO2. The predicted molar refractivity (Wildman–Crippen MR) is 63.2 cm³/mol. The summed E-state index contributed by atoms with van der Waals surface area (Å²) in [6.45, 7) is 2.74. The van der Waals surface area contributed by atoms with E-state index in [2.05, 4.69) is 0 Å². The molecule has 1 saturated heterocycles. The number of para-hydroxylation sites is 1. The maximum atomic E-state index is 9.58. The van der Waals surface area contributed by atoms with Crippen molar-refractivity contribution in [3.05, 3.63) is 29.8 Å². The molecule has 1 aliphatic heterocycles. The second kappa shape index (κ2) is 5.87. The Morgan fingerprint density at radius 3 is 2.62 bits per heavy atom. The molecule has 0 bridgehead atoms. The van der Waals surface area contributed by atoms with E-state index >= 15 is 0 Å². The van der Waals surface area contributed by atoms with Crippen molar-refractivity contribution in [3.63, 3.8) is 0 Å². The Bertz CT molecular complexity index is 321. The number of phenols is 1. The molecule has 2 rings (SSSR count). The van der Waals surface area contributed by atoms with E-state index in [0.717, 1.165) is 25.1 Å². The predicted octanol–water partition coefficient (Wildman–Crippen LogP) is 2.35. The average molecular weight is 221 g/mol. The Morgan fingerprint density at radius 1 is 1.12 bits per heavy atom. The first-order chi connectivity index (χ1) is 7.86. The van der Waals surface area contributed by atoms with Gasteiger partial charge in [0.15, 0.2) is 0 Å². The molecule has 0 atom stereocenters. The van der Waals surface area contributed by atoms with E-state index in [4.69, 9.17) is 4.84 Å². The summed E-state index contributed by atoms with van der Waals surface area (Å²) in [4.78, 5) is 5.66. The number of nitrogens with zero attached hydrogens (tertiary/aromatic N) is 1. The minimum Gasteiger partial charge on any atom is -0.508 e. The normalized spacial score (nSPS) is 17.5. The lowest BCUT2D eigenvalue weighted by Crippen LogP contribution is -2.30. The zero-order valence-corrected chi connectivity index (χ0v) is 9.56. The van der Waals surface area contributed by atoms with Crippen LogP contribution in [0.3, 0.4) is 0 Å². The van der Waals surface area contributed by atoms with Crippen molar-refractivity contribution in [3.8, 4) is 5.75 Å². The molecule has 0 radical (unpaired) electrons. The van der Waals surface area contributed by atoms with E-state index in [1.807, 2.05) is 23.3 Å². The highest BCUT2D eigenvalue weighted by Crippen LogP contribution is 2.16. The molecule has 0 aliphatic carbocycles. The lowest BCUT2D eigenvalue weighted by Gasteiger charge is -2.25. The number of hydrogen-bond acceptors (Lipinski definition) is 3. The topological polar surface area (TPSA) is 32.7 Å². The summed E-state index contributed by atoms with van der Waals surface area (Å²) in [6, 6.07) is 7.44. The standard InChI is InChI=1S/C13H19NO2/c15-13-7-3-2-6-12(13)8-11-16-14-9-4-1-5-10-14/h2-3,6-7,15H,1,4-5,8-11H2. The summed E-state index contributed by atoms with van der Waals surface area (Å²) < 4.78 is 0. The van der Waals surface area contributed by atoms with E-state index in [9.17, 15) is 5.11 Å². The Kier molecular flexibility index (Phi) is 4.19.